The van der Waals surface area contributed by atoms with Crippen LogP contribution < -0.4 is 10.5 Å². The van der Waals surface area contributed by atoms with E-state index in [1.165, 1.54) is 0 Å². The summed E-state index contributed by atoms with van der Waals surface area (Å²) >= 11 is 0. The van der Waals surface area contributed by atoms with Gasteiger partial charge < -0.3 is 15.6 Å². The minimum atomic E-state index is -0.630. The van der Waals surface area contributed by atoms with Crippen LogP contribution in [0.1, 0.15) is 43.7 Å². The molecule has 2 fully saturated rings. The highest BCUT2D eigenvalue weighted by Crippen LogP contribution is 2.49. The Hall–Kier alpha value is -1.85. The lowest BCUT2D eigenvalue weighted by Crippen LogP contribution is -2.56. The number of ether oxygens (including phenoxy) is 1. The molecular weight excluding hydrogens is 316 g/mol. The summed E-state index contributed by atoms with van der Waals surface area (Å²) in [6, 6.07) is 7.98. The van der Waals surface area contributed by atoms with Crippen molar-refractivity contribution < 1.29 is 14.6 Å². The minimum Gasteiger partial charge on any atom is -0.490 e. The Labute approximate surface area is 149 Å². The van der Waals surface area contributed by atoms with Gasteiger partial charge in [-0.25, -0.2) is 0 Å². The first-order valence-electron chi connectivity index (χ1n) is 9.12. The fourth-order valence-corrected chi connectivity index (χ4v) is 4.48. The van der Waals surface area contributed by atoms with Crippen LogP contribution >= 0.6 is 0 Å². The summed E-state index contributed by atoms with van der Waals surface area (Å²) in [5, 5.41) is 11.2. The number of primary amides is 1. The first-order chi connectivity index (χ1) is 12.0. The van der Waals surface area contributed by atoms with Crippen LogP contribution in [0.2, 0.25) is 0 Å². The van der Waals surface area contributed by atoms with Gasteiger partial charge >= 0.3 is 0 Å². The van der Waals surface area contributed by atoms with E-state index in [-0.39, 0.29) is 24.4 Å². The summed E-state index contributed by atoms with van der Waals surface area (Å²) in [6.45, 7) is 5.04. The Bertz CT molecular complexity index is 616. The standard InChI is InChI=1S/C20H28N2O3/c1-2-13-25-16-8-6-15(7-9-16)19-17-5-3-4-10-20(17,24)11-12-22(19)14-18(21)23/h2,6-9,17,19,24H,1,3-5,10-14H2,(H2,21,23)/t17-,19+,20-/m1/s1. The summed E-state index contributed by atoms with van der Waals surface area (Å²) < 4.78 is 5.56. The van der Waals surface area contributed by atoms with Crippen molar-refractivity contribution in [2.75, 3.05) is 19.7 Å². The maximum absolute atomic E-state index is 11.5. The third kappa shape index (κ3) is 3.88. The van der Waals surface area contributed by atoms with Crippen molar-refractivity contribution >= 4 is 5.91 Å². The molecule has 136 valence electrons. The largest absolute Gasteiger partial charge is 0.490 e. The fraction of sp³-hybridized carbons (Fsp3) is 0.550. The summed E-state index contributed by atoms with van der Waals surface area (Å²) in [6.07, 6.45) is 6.44. The lowest BCUT2D eigenvalue weighted by atomic mass is 9.66. The Morgan fingerprint density at radius 1 is 1.36 bits per heavy atom. The lowest BCUT2D eigenvalue weighted by molar-refractivity contribution is -0.136. The minimum absolute atomic E-state index is 0.0139. The second-order valence-corrected chi connectivity index (χ2v) is 7.26. The topological polar surface area (TPSA) is 75.8 Å². The van der Waals surface area contributed by atoms with Gasteiger partial charge in [-0.15, -0.1) is 0 Å². The number of hydrogen-bond acceptors (Lipinski definition) is 4. The van der Waals surface area contributed by atoms with Crippen molar-refractivity contribution in [2.24, 2.45) is 11.7 Å². The molecule has 3 rings (SSSR count). The predicted molar refractivity (Wildman–Crippen MR) is 97.2 cm³/mol. The lowest BCUT2D eigenvalue weighted by Gasteiger charge is -2.52. The second-order valence-electron chi connectivity index (χ2n) is 7.26. The van der Waals surface area contributed by atoms with E-state index in [4.69, 9.17) is 10.5 Å². The van der Waals surface area contributed by atoms with Crippen LogP contribution in [0.3, 0.4) is 0 Å². The number of nitrogens with two attached hydrogens (primary N) is 1. The van der Waals surface area contributed by atoms with E-state index in [0.717, 1.165) is 37.0 Å². The van der Waals surface area contributed by atoms with Crippen LogP contribution in [0.4, 0.5) is 0 Å². The molecule has 0 radical (unpaired) electrons. The van der Waals surface area contributed by atoms with Crippen molar-refractivity contribution in [1.82, 2.24) is 4.90 Å². The van der Waals surface area contributed by atoms with Gasteiger partial charge in [-0.1, -0.05) is 37.6 Å². The molecule has 5 nitrogen and oxygen atoms in total. The molecule has 0 spiro atoms. The van der Waals surface area contributed by atoms with Crippen LogP contribution in [0.5, 0.6) is 5.75 Å². The Kier molecular flexibility index (Phi) is 5.45. The normalized spacial score (nSPS) is 29.6. The molecule has 0 bridgehead atoms. The molecule has 3 atom stereocenters. The third-order valence-corrected chi connectivity index (χ3v) is 5.62. The number of hydrogen-bond donors (Lipinski definition) is 2. The molecule has 3 N–H and O–H groups in total. The van der Waals surface area contributed by atoms with Gasteiger partial charge in [0.15, 0.2) is 0 Å². The molecule has 1 aromatic rings. The number of fused-ring (bicyclic) bond motifs is 1. The van der Waals surface area contributed by atoms with Gasteiger partial charge in [-0.3, -0.25) is 9.69 Å². The van der Waals surface area contributed by atoms with Gasteiger partial charge in [0, 0.05) is 18.5 Å². The molecule has 0 aromatic heterocycles. The average Bonchev–Trinajstić information content (AvgIpc) is 2.60. The van der Waals surface area contributed by atoms with E-state index < -0.39 is 5.60 Å². The fourth-order valence-electron chi connectivity index (χ4n) is 4.48. The number of rotatable bonds is 6. The number of carbonyl (C=O) groups is 1. The number of piperidine rings is 1. The monoisotopic (exact) mass is 344 g/mol. The quantitative estimate of drug-likeness (QED) is 0.777. The molecule has 1 aliphatic heterocycles. The smallest absolute Gasteiger partial charge is 0.231 e. The molecule has 1 saturated carbocycles. The first kappa shape index (κ1) is 18.0. The first-order valence-corrected chi connectivity index (χ1v) is 9.12. The Balaban J connectivity index is 1.88. The molecule has 0 unspecified atom stereocenters. The van der Waals surface area contributed by atoms with Crippen LogP contribution in [0, 0.1) is 5.92 Å². The molecular formula is C20H28N2O3. The summed E-state index contributed by atoms with van der Waals surface area (Å²) in [7, 11) is 0. The molecule has 25 heavy (non-hydrogen) atoms. The van der Waals surface area contributed by atoms with E-state index in [2.05, 4.69) is 11.5 Å². The molecule has 1 saturated heterocycles. The van der Waals surface area contributed by atoms with Crippen molar-refractivity contribution in [3.8, 4) is 5.75 Å². The summed E-state index contributed by atoms with van der Waals surface area (Å²) in [4.78, 5) is 13.7. The van der Waals surface area contributed by atoms with E-state index in [9.17, 15) is 9.90 Å². The molecule has 5 heteroatoms. The molecule has 2 aliphatic rings. The highest BCUT2D eigenvalue weighted by molar-refractivity contribution is 5.76. The van der Waals surface area contributed by atoms with Crippen molar-refractivity contribution in [3.63, 3.8) is 0 Å². The van der Waals surface area contributed by atoms with Crippen molar-refractivity contribution in [2.45, 2.75) is 43.7 Å². The van der Waals surface area contributed by atoms with Crippen LogP contribution in [-0.4, -0.2) is 41.2 Å². The van der Waals surface area contributed by atoms with Crippen molar-refractivity contribution in [1.29, 1.82) is 0 Å². The van der Waals surface area contributed by atoms with Crippen LogP contribution in [-0.2, 0) is 4.79 Å². The van der Waals surface area contributed by atoms with E-state index >= 15 is 0 Å². The third-order valence-electron chi connectivity index (χ3n) is 5.62. The van der Waals surface area contributed by atoms with Gasteiger partial charge in [0.1, 0.15) is 12.4 Å². The molecule has 1 aromatic carbocycles. The zero-order valence-corrected chi connectivity index (χ0v) is 14.7. The van der Waals surface area contributed by atoms with Gasteiger partial charge in [-0.05, 0) is 37.0 Å². The Morgan fingerprint density at radius 2 is 2.12 bits per heavy atom. The number of aliphatic hydroxyl groups is 1. The average molecular weight is 344 g/mol. The Morgan fingerprint density at radius 3 is 2.80 bits per heavy atom. The zero-order chi connectivity index (χ0) is 17.9. The number of likely N-dealkylation sites (tertiary alicyclic amines) is 1. The zero-order valence-electron chi connectivity index (χ0n) is 14.7. The van der Waals surface area contributed by atoms with Gasteiger partial charge in [-0.2, -0.15) is 0 Å². The summed E-state index contributed by atoms with van der Waals surface area (Å²) in [5.41, 5.74) is 5.95. The number of amides is 1. The molecule has 1 heterocycles. The van der Waals surface area contributed by atoms with Crippen molar-refractivity contribution in [3.05, 3.63) is 42.5 Å². The van der Waals surface area contributed by atoms with E-state index in [1.54, 1.807) is 6.08 Å². The number of nitrogens with zero attached hydrogens (tertiary/aromatic N) is 1. The van der Waals surface area contributed by atoms with Crippen LogP contribution in [0.25, 0.3) is 0 Å². The van der Waals surface area contributed by atoms with Gasteiger partial charge in [0.25, 0.3) is 0 Å². The van der Waals surface area contributed by atoms with E-state index in [1.807, 2.05) is 24.3 Å². The summed E-state index contributed by atoms with van der Waals surface area (Å²) in [5.74, 6) is 0.603. The SMILES string of the molecule is C=CCOc1ccc([C@H]2[C@H]3CCCC[C@@]3(O)CCN2CC(N)=O)cc1. The van der Waals surface area contributed by atoms with E-state index in [0.29, 0.717) is 19.6 Å². The maximum atomic E-state index is 11.5. The maximum Gasteiger partial charge on any atom is 0.231 e. The number of carbonyl (C=O) groups excluding carboxylic acids is 1. The number of benzene rings is 1. The highest BCUT2D eigenvalue weighted by Gasteiger charge is 2.49. The van der Waals surface area contributed by atoms with Gasteiger partial charge in [0.05, 0.1) is 12.1 Å². The van der Waals surface area contributed by atoms with Crippen LogP contribution in [0.15, 0.2) is 36.9 Å². The predicted octanol–water partition coefficient (Wildman–Crippen LogP) is 2.40. The van der Waals surface area contributed by atoms with Gasteiger partial charge in [0.2, 0.25) is 5.91 Å². The molecule has 1 amide bonds. The second kappa shape index (κ2) is 7.58. The highest BCUT2D eigenvalue weighted by atomic mass is 16.5. The molecule has 1 aliphatic carbocycles.